The van der Waals surface area contributed by atoms with E-state index in [1.165, 1.54) is 7.11 Å². The van der Waals surface area contributed by atoms with Gasteiger partial charge in [-0.05, 0) is 35.4 Å². The molecule has 0 heterocycles. The van der Waals surface area contributed by atoms with Crippen molar-refractivity contribution in [3.8, 4) is 16.9 Å². The fourth-order valence-corrected chi connectivity index (χ4v) is 3.56. The Morgan fingerprint density at radius 3 is 2.48 bits per heavy atom. The average molecular weight is 385 g/mol. The highest BCUT2D eigenvalue weighted by Crippen LogP contribution is 2.31. The maximum atomic E-state index is 14.0. The molecule has 0 saturated carbocycles. The molecule has 2 N–H and O–H groups in total. The summed E-state index contributed by atoms with van der Waals surface area (Å²) in [6, 6.07) is 18.0. The number of carboxylic acids is 1. The lowest BCUT2D eigenvalue weighted by molar-refractivity contribution is 0.0697. The lowest BCUT2D eigenvalue weighted by atomic mass is 10.1. The number of carboxylic acid groups (broad SMARTS) is 1. The molecule has 27 heavy (non-hydrogen) atoms. The van der Waals surface area contributed by atoms with Gasteiger partial charge in [0.05, 0.1) is 12.7 Å². The number of aromatic carboxylic acids is 1. The first-order valence-electron chi connectivity index (χ1n) is 7.94. The first kappa shape index (κ1) is 18.8. The summed E-state index contributed by atoms with van der Waals surface area (Å²) in [7, 11) is 1.45. The lowest BCUT2D eigenvalue weighted by Gasteiger charge is -2.16. The number of hydrogen-bond acceptors (Lipinski definition) is 4. The van der Waals surface area contributed by atoms with Crippen molar-refractivity contribution >= 4 is 23.0 Å². The Balaban J connectivity index is 1.95. The molecular weight excluding hydrogens is 369 g/mol. The maximum absolute atomic E-state index is 14.0. The largest absolute Gasteiger partial charge is 0.588 e. The SMILES string of the molecule is COc1ccc(-c2ccccc2)cc1[S+]([O-])Nc1cc(C(=O)O)ccc1F. The van der Waals surface area contributed by atoms with Crippen LogP contribution in [-0.2, 0) is 11.4 Å². The fraction of sp³-hybridized carbons (Fsp3) is 0.0500. The number of carbonyl (C=O) groups is 1. The van der Waals surface area contributed by atoms with Crippen LogP contribution in [0.1, 0.15) is 10.4 Å². The van der Waals surface area contributed by atoms with Crippen LogP contribution in [0.25, 0.3) is 11.1 Å². The molecule has 0 fully saturated rings. The molecule has 0 spiro atoms. The summed E-state index contributed by atoms with van der Waals surface area (Å²) in [4.78, 5) is 11.4. The van der Waals surface area contributed by atoms with Gasteiger partial charge in [-0.2, -0.15) is 0 Å². The third-order valence-electron chi connectivity index (χ3n) is 3.89. The van der Waals surface area contributed by atoms with Gasteiger partial charge in [-0.3, -0.25) is 0 Å². The molecule has 138 valence electrons. The van der Waals surface area contributed by atoms with Crippen molar-refractivity contribution in [1.82, 2.24) is 0 Å². The van der Waals surface area contributed by atoms with Gasteiger partial charge in [-0.25, -0.2) is 13.9 Å². The average Bonchev–Trinajstić information content (AvgIpc) is 2.69. The summed E-state index contributed by atoms with van der Waals surface area (Å²) in [5.74, 6) is -1.53. The van der Waals surface area contributed by atoms with E-state index in [1.807, 2.05) is 36.4 Å². The number of rotatable bonds is 6. The van der Waals surface area contributed by atoms with Crippen LogP contribution in [0.5, 0.6) is 5.75 Å². The smallest absolute Gasteiger partial charge is 0.335 e. The Labute approximate surface area is 158 Å². The molecule has 3 aromatic carbocycles. The second-order valence-electron chi connectivity index (χ2n) is 5.60. The molecule has 0 aliphatic carbocycles. The zero-order valence-corrected chi connectivity index (χ0v) is 15.1. The number of anilines is 1. The van der Waals surface area contributed by atoms with E-state index in [0.29, 0.717) is 10.6 Å². The van der Waals surface area contributed by atoms with E-state index in [-0.39, 0.29) is 11.3 Å². The molecule has 0 bridgehead atoms. The van der Waals surface area contributed by atoms with Gasteiger partial charge >= 0.3 is 5.97 Å². The first-order valence-corrected chi connectivity index (χ1v) is 9.09. The second kappa shape index (κ2) is 8.11. The van der Waals surface area contributed by atoms with Crippen LogP contribution in [0.3, 0.4) is 0 Å². The van der Waals surface area contributed by atoms with E-state index in [2.05, 4.69) is 4.72 Å². The van der Waals surface area contributed by atoms with Crippen molar-refractivity contribution in [2.24, 2.45) is 0 Å². The van der Waals surface area contributed by atoms with E-state index < -0.39 is 23.1 Å². The summed E-state index contributed by atoms with van der Waals surface area (Å²) in [6.45, 7) is 0. The Hall–Kier alpha value is -3.03. The van der Waals surface area contributed by atoms with Gasteiger partial charge in [0.15, 0.2) is 11.6 Å². The zero-order valence-electron chi connectivity index (χ0n) is 14.3. The van der Waals surface area contributed by atoms with Crippen molar-refractivity contribution < 1.29 is 23.6 Å². The van der Waals surface area contributed by atoms with Crippen LogP contribution in [0.4, 0.5) is 10.1 Å². The van der Waals surface area contributed by atoms with Crippen molar-refractivity contribution in [2.75, 3.05) is 11.8 Å². The highest BCUT2D eigenvalue weighted by atomic mass is 32.2. The van der Waals surface area contributed by atoms with Crippen LogP contribution in [0.15, 0.2) is 71.6 Å². The van der Waals surface area contributed by atoms with E-state index in [9.17, 15) is 13.7 Å². The summed E-state index contributed by atoms with van der Waals surface area (Å²) in [5.41, 5.74) is 1.47. The van der Waals surface area contributed by atoms with E-state index in [0.717, 1.165) is 29.3 Å². The van der Waals surface area contributed by atoms with E-state index in [4.69, 9.17) is 9.84 Å². The summed E-state index contributed by atoms with van der Waals surface area (Å²) < 4.78 is 34.6. The third-order valence-corrected chi connectivity index (χ3v) is 5.01. The molecule has 1 unspecified atom stereocenters. The monoisotopic (exact) mass is 385 g/mol. The number of methoxy groups -OCH3 is 1. The summed E-state index contributed by atoms with van der Waals surface area (Å²) in [6.07, 6.45) is 0. The molecule has 0 saturated heterocycles. The Kier molecular flexibility index (Phi) is 5.63. The predicted octanol–water partition coefficient (Wildman–Crippen LogP) is 4.33. The minimum absolute atomic E-state index is 0.110. The Bertz CT molecular complexity index is 965. The number of hydrogen-bond donors (Lipinski definition) is 2. The number of halogens is 1. The molecule has 0 amide bonds. The lowest BCUT2D eigenvalue weighted by Crippen LogP contribution is -2.16. The minimum atomic E-state index is -1.87. The van der Waals surface area contributed by atoms with Crippen LogP contribution in [0, 0.1) is 5.82 Å². The highest BCUT2D eigenvalue weighted by Gasteiger charge is 2.21. The van der Waals surface area contributed by atoms with Gasteiger partial charge in [0, 0.05) is 6.07 Å². The second-order valence-corrected chi connectivity index (χ2v) is 6.78. The summed E-state index contributed by atoms with van der Waals surface area (Å²) in [5, 5.41) is 9.05. The van der Waals surface area contributed by atoms with Gasteiger partial charge in [0.25, 0.3) is 0 Å². The van der Waals surface area contributed by atoms with Crippen LogP contribution >= 0.6 is 0 Å². The van der Waals surface area contributed by atoms with Gasteiger partial charge in [-0.15, -0.1) is 0 Å². The quantitative estimate of drug-likeness (QED) is 0.617. The van der Waals surface area contributed by atoms with Gasteiger partial charge in [0.1, 0.15) is 17.0 Å². The maximum Gasteiger partial charge on any atom is 0.335 e. The first-order chi connectivity index (χ1) is 13.0. The molecule has 1 atom stereocenters. The molecule has 3 aromatic rings. The van der Waals surface area contributed by atoms with E-state index >= 15 is 0 Å². The topological polar surface area (TPSA) is 81.6 Å². The van der Waals surface area contributed by atoms with Gasteiger partial charge in [0.2, 0.25) is 4.90 Å². The molecule has 0 radical (unpaired) electrons. The third kappa shape index (κ3) is 4.21. The number of benzene rings is 3. The predicted molar refractivity (Wildman–Crippen MR) is 102 cm³/mol. The zero-order chi connectivity index (χ0) is 19.4. The Morgan fingerprint density at radius 2 is 1.81 bits per heavy atom. The Morgan fingerprint density at radius 1 is 1.07 bits per heavy atom. The van der Waals surface area contributed by atoms with Crippen LogP contribution in [-0.4, -0.2) is 22.7 Å². The van der Waals surface area contributed by atoms with Crippen LogP contribution in [0.2, 0.25) is 0 Å². The van der Waals surface area contributed by atoms with Crippen molar-refractivity contribution in [2.45, 2.75) is 4.90 Å². The normalized spacial score (nSPS) is 11.7. The molecule has 0 aliphatic rings. The fourth-order valence-electron chi connectivity index (χ4n) is 2.52. The van der Waals surface area contributed by atoms with Crippen molar-refractivity contribution in [3.63, 3.8) is 0 Å². The molecule has 0 aromatic heterocycles. The molecule has 5 nitrogen and oxygen atoms in total. The van der Waals surface area contributed by atoms with E-state index in [1.54, 1.807) is 12.1 Å². The minimum Gasteiger partial charge on any atom is -0.588 e. The number of ether oxygens (including phenoxy) is 1. The van der Waals surface area contributed by atoms with Crippen molar-refractivity contribution in [1.29, 1.82) is 0 Å². The highest BCUT2D eigenvalue weighted by molar-refractivity contribution is 7.92. The molecular formula is C20H16FNO4S. The summed E-state index contributed by atoms with van der Waals surface area (Å²) >= 11 is -1.87. The van der Waals surface area contributed by atoms with Crippen LogP contribution < -0.4 is 9.46 Å². The standard InChI is InChI=1S/C20H16FNO4S/c1-26-18-10-8-14(13-5-3-2-4-6-13)12-19(18)27(25)22-17-11-15(20(23)24)7-9-16(17)21/h2-12,22H,1H3,(H,23,24). The van der Waals surface area contributed by atoms with Gasteiger partial charge < -0.3 is 14.4 Å². The van der Waals surface area contributed by atoms with Crippen molar-refractivity contribution in [3.05, 3.63) is 78.1 Å². The number of nitrogens with one attached hydrogen (secondary N) is 1. The molecule has 3 rings (SSSR count). The molecule has 0 aliphatic heterocycles. The molecule has 7 heteroatoms. The van der Waals surface area contributed by atoms with Gasteiger partial charge in [-0.1, -0.05) is 36.4 Å².